The number of nitrogens with zero attached hydrogens (tertiary/aromatic N) is 1. The van der Waals surface area contributed by atoms with Gasteiger partial charge in [0.2, 0.25) is 0 Å². The smallest absolute Gasteiger partial charge is 0.0267 e. The van der Waals surface area contributed by atoms with E-state index in [1.54, 1.807) is 12.4 Å². The number of halogens is 1. The van der Waals surface area contributed by atoms with E-state index in [2.05, 4.69) is 4.98 Å². The number of rotatable bonds is 0. The Balaban J connectivity index is 0.000000187. The molecule has 1 aromatic rings. The van der Waals surface area contributed by atoms with Crippen LogP contribution in [0.2, 0.25) is 0 Å². The molecule has 0 aliphatic heterocycles. The number of aromatic nitrogens is 1. The van der Waals surface area contributed by atoms with Crippen molar-refractivity contribution in [3.8, 4) is 0 Å². The zero-order valence-electron chi connectivity index (χ0n) is 5.42. The zero-order valence-corrected chi connectivity index (χ0v) is 6.17. The summed E-state index contributed by atoms with van der Waals surface area (Å²) in [4.78, 5) is 3.78. The molecule has 9 heavy (non-hydrogen) atoms. The molecule has 0 saturated heterocycles. The Bertz CT molecular complexity index is 91.8. The van der Waals surface area contributed by atoms with Crippen molar-refractivity contribution in [3.63, 3.8) is 0 Å². The SMILES string of the molecule is CCCl.c1ccncc1. The van der Waals surface area contributed by atoms with Gasteiger partial charge in [-0.25, -0.2) is 0 Å². The highest BCUT2D eigenvalue weighted by atomic mass is 35.5. The molecule has 0 atom stereocenters. The molecule has 1 rings (SSSR count). The molecule has 0 aliphatic carbocycles. The molecule has 0 aliphatic rings. The van der Waals surface area contributed by atoms with Gasteiger partial charge < -0.3 is 0 Å². The molecule has 0 spiro atoms. The first-order valence-electron chi connectivity index (χ1n) is 2.82. The summed E-state index contributed by atoms with van der Waals surface area (Å²) in [6.07, 6.45) is 3.50. The monoisotopic (exact) mass is 143 g/mol. The van der Waals surface area contributed by atoms with E-state index in [9.17, 15) is 0 Å². The van der Waals surface area contributed by atoms with Gasteiger partial charge in [0, 0.05) is 18.3 Å². The fraction of sp³-hybridized carbons (Fsp3) is 0.286. The molecule has 0 bridgehead atoms. The van der Waals surface area contributed by atoms with Crippen LogP contribution < -0.4 is 0 Å². The maximum Gasteiger partial charge on any atom is 0.0267 e. The maximum absolute atomic E-state index is 5.00. The number of pyridine rings is 1. The van der Waals surface area contributed by atoms with Gasteiger partial charge in [0.25, 0.3) is 0 Å². The van der Waals surface area contributed by atoms with E-state index >= 15 is 0 Å². The van der Waals surface area contributed by atoms with Crippen molar-refractivity contribution in [2.45, 2.75) is 6.92 Å². The summed E-state index contributed by atoms with van der Waals surface area (Å²) in [5.41, 5.74) is 0. The lowest BCUT2D eigenvalue weighted by atomic mass is 10.5. The minimum Gasteiger partial charge on any atom is -0.265 e. The minimum absolute atomic E-state index is 0.722. The highest BCUT2D eigenvalue weighted by Crippen LogP contribution is 1.73. The van der Waals surface area contributed by atoms with Gasteiger partial charge in [-0.15, -0.1) is 11.6 Å². The van der Waals surface area contributed by atoms with Gasteiger partial charge in [0.05, 0.1) is 0 Å². The van der Waals surface area contributed by atoms with Crippen LogP contribution in [0.1, 0.15) is 6.92 Å². The Hall–Kier alpha value is -0.560. The molecule has 1 nitrogen and oxygen atoms in total. The second-order valence-electron chi connectivity index (χ2n) is 1.29. The van der Waals surface area contributed by atoms with E-state index in [1.807, 2.05) is 25.1 Å². The molecule has 0 amide bonds. The molecule has 1 aromatic heterocycles. The largest absolute Gasteiger partial charge is 0.265 e. The van der Waals surface area contributed by atoms with Gasteiger partial charge in [-0.05, 0) is 12.1 Å². The Morgan fingerprint density at radius 1 is 1.22 bits per heavy atom. The van der Waals surface area contributed by atoms with Crippen molar-refractivity contribution in [1.29, 1.82) is 0 Å². The Kier molecular flexibility index (Phi) is 6.98. The third-order valence-corrected chi connectivity index (χ3v) is 0.566. The van der Waals surface area contributed by atoms with Gasteiger partial charge in [0.1, 0.15) is 0 Å². The summed E-state index contributed by atoms with van der Waals surface area (Å²) in [5, 5.41) is 0. The predicted octanol–water partition coefficient (Wildman–Crippen LogP) is 2.33. The summed E-state index contributed by atoms with van der Waals surface area (Å²) in [6.45, 7) is 1.89. The van der Waals surface area contributed by atoms with E-state index in [4.69, 9.17) is 11.6 Å². The number of hydrogen-bond donors (Lipinski definition) is 0. The van der Waals surface area contributed by atoms with E-state index in [1.165, 1.54) is 0 Å². The van der Waals surface area contributed by atoms with Gasteiger partial charge in [-0.1, -0.05) is 13.0 Å². The molecular weight excluding hydrogens is 134 g/mol. The van der Waals surface area contributed by atoms with Gasteiger partial charge in [-0.2, -0.15) is 0 Å². The molecule has 0 N–H and O–H groups in total. The lowest BCUT2D eigenvalue weighted by Crippen LogP contribution is -1.58. The van der Waals surface area contributed by atoms with Gasteiger partial charge >= 0.3 is 0 Å². The summed E-state index contributed by atoms with van der Waals surface area (Å²) >= 11 is 5.00. The van der Waals surface area contributed by atoms with Gasteiger partial charge in [0.15, 0.2) is 0 Å². The first-order chi connectivity index (χ1) is 4.41. The third kappa shape index (κ3) is 7.44. The van der Waals surface area contributed by atoms with Crippen molar-refractivity contribution in [2.75, 3.05) is 5.88 Å². The zero-order chi connectivity index (χ0) is 6.95. The molecule has 0 saturated carbocycles. The molecule has 2 heteroatoms. The summed E-state index contributed by atoms with van der Waals surface area (Å²) in [6, 6.07) is 5.72. The van der Waals surface area contributed by atoms with E-state index in [0.717, 1.165) is 5.88 Å². The predicted molar refractivity (Wildman–Crippen MR) is 40.6 cm³/mol. The highest BCUT2D eigenvalue weighted by molar-refractivity contribution is 6.17. The molecule has 0 unspecified atom stereocenters. The average molecular weight is 144 g/mol. The first kappa shape index (κ1) is 8.44. The lowest BCUT2D eigenvalue weighted by molar-refractivity contribution is 1.33. The van der Waals surface area contributed by atoms with Crippen molar-refractivity contribution in [1.82, 2.24) is 4.98 Å². The van der Waals surface area contributed by atoms with Gasteiger partial charge in [-0.3, -0.25) is 4.98 Å². The molecule has 0 aromatic carbocycles. The van der Waals surface area contributed by atoms with Crippen LogP contribution in [0.25, 0.3) is 0 Å². The normalized spacial score (nSPS) is 7.33. The van der Waals surface area contributed by atoms with Crippen LogP contribution in [0, 0.1) is 0 Å². The Labute approximate surface area is 60.7 Å². The van der Waals surface area contributed by atoms with Crippen LogP contribution in [-0.2, 0) is 0 Å². The maximum atomic E-state index is 5.00. The average Bonchev–Trinajstić information content (AvgIpc) is 1.93. The standard InChI is InChI=1S/C5H5N.C2H5Cl/c1-2-4-6-5-3-1;1-2-3/h1-5H;2H2,1H3. The van der Waals surface area contributed by atoms with Crippen molar-refractivity contribution in [2.24, 2.45) is 0 Å². The highest BCUT2D eigenvalue weighted by Gasteiger charge is 1.58. The summed E-state index contributed by atoms with van der Waals surface area (Å²) in [7, 11) is 0. The molecule has 0 fully saturated rings. The molecular formula is C7H10ClN. The molecule has 50 valence electrons. The Morgan fingerprint density at radius 2 is 1.67 bits per heavy atom. The Morgan fingerprint density at radius 3 is 1.78 bits per heavy atom. The third-order valence-electron chi connectivity index (χ3n) is 0.566. The summed E-state index contributed by atoms with van der Waals surface area (Å²) in [5.74, 6) is 0.722. The lowest BCUT2D eigenvalue weighted by Gasteiger charge is -1.70. The second-order valence-corrected chi connectivity index (χ2v) is 1.83. The quantitative estimate of drug-likeness (QED) is 0.508. The van der Waals surface area contributed by atoms with Crippen LogP contribution in [0.5, 0.6) is 0 Å². The van der Waals surface area contributed by atoms with E-state index in [0.29, 0.717) is 0 Å². The van der Waals surface area contributed by atoms with E-state index < -0.39 is 0 Å². The van der Waals surface area contributed by atoms with Crippen molar-refractivity contribution >= 4 is 11.6 Å². The van der Waals surface area contributed by atoms with Crippen LogP contribution in [0.3, 0.4) is 0 Å². The van der Waals surface area contributed by atoms with Crippen LogP contribution in [-0.4, -0.2) is 10.9 Å². The van der Waals surface area contributed by atoms with Crippen molar-refractivity contribution in [3.05, 3.63) is 30.6 Å². The second kappa shape index (κ2) is 7.44. The van der Waals surface area contributed by atoms with Crippen LogP contribution >= 0.6 is 11.6 Å². The molecule has 0 radical (unpaired) electrons. The topological polar surface area (TPSA) is 12.9 Å². The minimum atomic E-state index is 0.722. The number of hydrogen-bond acceptors (Lipinski definition) is 1. The molecule has 1 heterocycles. The van der Waals surface area contributed by atoms with E-state index in [-0.39, 0.29) is 0 Å². The fourth-order valence-corrected chi connectivity index (χ4v) is 0.313. The number of alkyl halides is 1. The first-order valence-corrected chi connectivity index (χ1v) is 3.36. The van der Waals surface area contributed by atoms with Crippen LogP contribution in [0.4, 0.5) is 0 Å². The van der Waals surface area contributed by atoms with Crippen LogP contribution in [0.15, 0.2) is 30.6 Å². The van der Waals surface area contributed by atoms with Crippen molar-refractivity contribution < 1.29 is 0 Å². The summed E-state index contributed by atoms with van der Waals surface area (Å²) < 4.78 is 0. The fourth-order valence-electron chi connectivity index (χ4n) is 0.313.